The van der Waals surface area contributed by atoms with Crippen LogP contribution in [0.4, 0.5) is 0 Å². The van der Waals surface area contributed by atoms with Gasteiger partial charge in [-0.15, -0.1) is 10.2 Å². The molecule has 0 fully saturated rings. The fraction of sp³-hybridized carbons (Fsp3) is 0.280. The van der Waals surface area contributed by atoms with Gasteiger partial charge < -0.3 is 18.6 Å². The highest BCUT2D eigenvalue weighted by atomic mass is 16.5. The fourth-order valence-corrected chi connectivity index (χ4v) is 4.20. The van der Waals surface area contributed by atoms with Crippen molar-refractivity contribution in [2.24, 2.45) is 0 Å². The first-order valence-corrected chi connectivity index (χ1v) is 11.6. The fourth-order valence-electron chi connectivity index (χ4n) is 4.20. The molecule has 0 unspecified atom stereocenters. The number of imidazole rings is 1. The summed E-state index contributed by atoms with van der Waals surface area (Å²) in [6, 6.07) is 11.6. The molecular formula is C25H24N8O3. The number of hydrogen-bond donors (Lipinski definition) is 0. The maximum absolute atomic E-state index is 5.95. The standard InChI is InChI=1S/C25H24N8O3/c1-15(2)25-28-23(31-36-25)22-20-11-32-21(13-35-12-16-6-4-5-9-26-16)29-30-24(32)18-10-17(34-3)7-8-19(18)33(20)14-27-22/h4-10,14-15H,11-13H2,1-3H3. The van der Waals surface area contributed by atoms with Gasteiger partial charge in [-0.2, -0.15) is 4.98 Å². The first-order chi connectivity index (χ1) is 17.6. The predicted octanol–water partition coefficient (Wildman–Crippen LogP) is 3.79. The monoisotopic (exact) mass is 484 g/mol. The van der Waals surface area contributed by atoms with Crippen molar-refractivity contribution >= 4 is 0 Å². The number of benzene rings is 1. The second kappa shape index (κ2) is 9.00. The molecule has 182 valence electrons. The van der Waals surface area contributed by atoms with Crippen LogP contribution in [0.5, 0.6) is 5.75 Å². The minimum Gasteiger partial charge on any atom is -0.497 e. The van der Waals surface area contributed by atoms with Crippen LogP contribution in [0.1, 0.15) is 42.9 Å². The molecule has 0 saturated carbocycles. The Bertz CT molecular complexity index is 1520. The Morgan fingerprint density at radius 3 is 2.78 bits per heavy atom. The lowest BCUT2D eigenvalue weighted by molar-refractivity contribution is 0.0969. The van der Waals surface area contributed by atoms with Gasteiger partial charge in [-0.25, -0.2) is 4.98 Å². The third-order valence-electron chi connectivity index (χ3n) is 6.06. The molecule has 0 atom stereocenters. The van der Waals surface area contributed by atoms with E-state index >= 15 is 0 Å². The summed E-state index contributed by atoms with van der Waals surface area (Å²) in [5.41, 5.74) is 4.17. The number of pyridine rings is 1. The SMILES string of the molecule is COc1ccc2c(c1)-c1nnc(COCc3ccccn3)n1Cc1c(-c3noc(C(C)C)n3)ncn1-2. The van der Waals surface area contributed by atoms with Crippen molar-refractivity contribution in [2.75, 3.05) is 7.11 Å². The van der Waals surface area contributed by atoms with E-state index in [9.17, 15) is 0 Å². The average molecular weight is 485 g/mol. The number of ether oxygens (including phenoxy) is 2. The van der Waals surface area contributed by atoms with Crippen molar-refractivity contribution in [3.8, 4) is 34.3 Å². The van der Waals surface area contributed by atoms with Gasteiger partial charge in [-0.3, -0.25) is 9.55 Å². The zero-order chi connectivity index (χ0) is 24.6. The number of aromatic nitrogens is 8. The quantitative estimate of drug-likeness (QED) is 0.333. The van der Waals surface area contributed by atoms with Crippen LogP contribution in [-0.4, -0.2) is 46.5 Å². The van der Waals surface area contributed by atoms with Crippen LogP contribution in [0.2, 0.25) is 0 Å². The second-order valence-corrected chi connectivity index (χ2v) is 8.74. The number of fused-ring (bicyclic) bond motifs is 5. The van der Waals surface area contributed by atoms with Crippen LogP contribution in [-0.2, 0) is 24.5 Å². The molecule has 0 N–H and O–H groups in total. The van der Waals surface area contributed by atoms with Gasteiger partial charge in [0.05, 0.1) is 37.3 Å². The normalized spacial score (nSPS) is 12.2. The largest absolute Gasteiger partial charge is 0.497 e. The Kier molecular flexibility index (Phi) is 5.53. The summed E-state index contributed by atoms with van der Waals surface area (Å²) in [7, 11) is 1.64. The number of nitrogens with zero attached hydrogens (tertiary/aromatic N) is 8. The highest BCUT2D eigenvalue weighted by Crippen LogP contribution is 2.36. The number of hydrogen-bond acceptors (Lipinski definition) is 9. The Balaban J connectivity index is 1.42. The van der Waals surface area contributed by atoms with E-state index in [0.717, 1.165) is 28.4 Å². The molecule has 11 heteroatoms. The molecule has 1 aromatic carbocycles. The van der Waals surface area contributed by atoms with E-state index in [0.29, 0.717) is 42.2 Å². The minimum absolute atomic E-state index is 0.118. The minimum atomic E-state index is 0.118. The van der Waals surface area contributed by atoms with Crippen LogP contribution < -0.4 is 4.74 Å². The predicted molar refractivity (Wildman–Crippen MR) is 128 cm³/mol. The summed E-state index contributed by atoms with van der Waals surface area (Å²) in [4.78, 5) is 13.6. The molecular weight excluding hydrogens is 460 g/mol. The summed E-state index contributed by atoms with van der Waals surface area (Å²) < 4.78 is 21.0. The molecule has 0 radical (unpaired) electrons. The summed E-state index contributed by atoms with van der Waals surface area (Å²) in [5, 5.41) is 13.2. The number of methoxy groups -OCH3 is 1. The highest BCUT2D eigenvalue weighted by Gasteiger charge is 2.28. The highest BCUT2D eigenvalue weighted by molar-refractivity contribution is 5.72. The van der Waals surface area contributed by atoms with Crippen molar-refractivity contribution in [3.05, 3.63) is 72.0 Å². The summed E-state index contributed by atoms with van der Waals surface area (Å²) >= 11 is 0. The van der Waals surface area contributed by atoms with Gasteiger partial charge in [0, 0.05) is 17.7 Å². The molecule has 4 aromatic heterocycles. The van der Waals surface area contributed by atoms with E-state index in [2.05, 4.69) is 30.3 Å². The van der Waals surface area contributed by atoms with Gasteiger partial charge in [0.25, 0.3) is 0 Å². The molecule has 1 aliphatic heterocycles. The van der Waals surface area contributed by atoms with Crippen molar-refractivity contribution in [1.29, 1.82) is 0 Å². The van der Waals surface area contributed by atoms with Crippen LogP contribution >= 0.6 is 0 Å². The van der Waals surface area contributed by atoms with E-state index in [-0.39, 0.29) is 12.5 Å². The van der Waals surface area contributed by atoms with Crippen molar-refractivity contribution < 1.29 is 14.0 Å². The zero-order valence-electron chi connectivity index (χ0n) is 20.1. The molecule has 1 aliphatic rings. The molecule has 5 aromatic rings. The van der Waals surface area contributed by atoms with E-state index in [1.54, 1.807) is 19.6 Å². The average Bonchev–Trinajstić information content (AvgIpc) is 3.62. The van der Waals surface area contributed by atoms with E-state index in [1.807, 2.05) is 59.4 Å². The first-order valence-electron chi connectivity index (χ1n) is 11.6. The lowest BCUT2D eigenvalue weighted by Gasteiger charge is -2.10. The molecule has 11 nitrogen and oxygen atoms in total. The Hall–Kier alpha value is -4.38. The van der Waals surface area contributed by atoms with Crippen molar-refractivity contribution in [1.82, 2.24) is 39.4 Å². The van der Waals surface area contributed by atoms with Crippen LogP contribution in [0.15, 0.2) is 53.4 Å². The molecule has 6 rings (SSSR count). The molecule has 36 heavy (non-hydrogen) atoms. The van der Waals surface area contributed by atoms with Gasteiger partial charge in [-0.1, -0.05) is 25.1 Å². The maximum atomic E-state index is 5.95. The molecule has 0 aliphatic carbocycles. The number of rotatable bonds is 7. The van der Waals surface area contributed by atoms with Gasteiger partial charge in [0.2, 0.25) is 11.7 Å². The van der Waals surface area contributed by atoms with E-state index in [4.69, 9.17) is 14.0 Å². The van der Waals surface area contributed by atoms with E-state index in [1.165, 1.54) is 0 Å². The molecule has 0 bridgehead atoms. The van der Waals surface area contributed by atoms with Crippen LogP contribution in [0, 0.1) is 0 Å². The maximum Gasteiger partial charge on any atom is 0.229 e. The lowest BCUT2D eigenvalue weighted by Crippen LogP contribution is -2.10. The van der Waals surface area contributed by atoms with Gasteiger partial charge in [-0.05, 0) is 30.3 Å². The zero-order valence-corrected chi connectivity index (χ0v) is 20.1. The Labute approximate surface area is 206 Å². The van der Waals surface area contributed by atoms with Crippen molar-refractivity contribution in [3.63, 3.8) is 0 Å². The Morgan fingerprint density at radius 1 is 1.08 bits per heavy atom. The summed E-state index contributed by atoms with van der Waals surface area (Å²) in [5.74, 6) is 3.26. The third-order valence-corrected chi connectivity index (χ3v) is 6.06. The smallest absolute Gasteiger partial charge is 0.229 e. The molecule has 0 saturated heterocycles. The molecule has 5 heterocycles. The second-order valence-electron chi connectivity index (χ2n) is 8.74. The van der Waals surface area contributed by atoms with Crippen LogP contribution in [0.3, 0.4) is 0 Å². The lowest BCUT2D eigenvalue weighted by atomic mass is 10.1. The van der Waals surface area contributed by atoms with Gasteiger partial charge >= 0.3 is 0 Å². The van der Waals surface area contributed by atoms with Gasteiger partial charge in [0.15, 0.2) is 11.6 Å². The molecule has 0 spiro atoms. The summed E-state index contributed by atoms with van der Waals surface area (Å²) in [6.07, 6.45) is 3.52. The van der Waals surface area contributed by atoms with Crippen LogP contribution in [0.25, 0.3) is 28.6 Å². The molecule has 0 amide bonds. The van der Waals surface area contributed by atoms with Crippen molar-refractivity contribution in [2.45, 2.75) is 39.5 Å². The third kappa shape index (κ3) is 3.83. The van der Waals surface area contributed by atoms with E-state index < -0.39 is 0 Å². The topological polar surface area (TPSA) is 119 Å². The Morgan fingerprint density at radius 2 is 2.00 bits per heavy atom. The summed E-state index contributed by atoms with van der Waals surface area (Å²) in [6.45, 7) is 5.11. The first kappa shape index (κ1) is 22.1. The van der Waals surface area contributed by atoms with Gasteiger partial charge in [0.1, 0.15) is 24.4 Å².